The summed E-state index contributed by atoms with van der Waals surface area (Å²) in [6.07, 6.45) is 0. The first kappa shape index (κ1) is 16.5. The Morgan fingerprint density at radius 3 is 2.09 bits per heavy atom. The lowest BCUT2D eigenvalue weighted by atomic mass is 9.98. The van der Waals surface area contributed by atoms with Crippen LogP contribution in [0.2, 0.25) is 0 Å². The standard InChI is InChI=1S/C20H21N.ClH/c1-15(17-9-4-3-5-10-17)21-16(2)19-14-8-12-18-11-6-7-13-20(18)19;/h3-16,21H,1-2H3;1H/t15-,16+;/m0./s1. The van der Waals surface area contributed by atoms with Crippen molar-refractivity contribution in [1.29, 1.82) is 0 Å². The summed E-state index contributed by atoms with van der Waals surface area (Å²) in [7, 11) is 0. The molecule has 0 unspecified atom stereocenters. The first-order chi connectivity index (χ1) is 10.3. The molecule has 0 aromatic heterocycles. The topological polar surface area (TPSA) is 16.6 Å². The van der Waals surface area contributed by atoms with E-state index >= 15 is 0 Å². The van der Waals surface area contributed by atoms with Crippen molar-refractivity contribution in [3.05, 3.63) is 83.9 Å². The van der Waals surface area contributed by atoms with Gasteiger partial charge in [-0.15, -0.1) is 0 Å². The van der Waals surface area contributed by atoms with E-state index in [1.165, 1.54) is 21.9 Å². The Morgan fingerprint density at radius 2 is 1.32 bits per heavy atom. The number of hydrogen-bond acceptors (Lipinski definition) is 0. The van der Waals surface area contributed by atoms with Crippen LogP contribution >= 0.6 is 0 Å². The maximum Gasteiger partial charge on any atom is 0.110 e. The smallest absolute Gasteiger partial charge is 0.110 e. The lowest BCUT2D eigenvalue weighted by Crippen LogP contribution is -3.00. The number of rotatable bonds is 4. The third-order valence-electron chi connectivity index (χ3n) is 4.22. The molecule has 0 saturated carbocycles. The van der Waals surface area contributed by atoms with Gasteiger partial charge in [0.1, 0.15) is 12.1 Å². The van der Waals surface area contributed by atoms with Gasteiger partial charge < -0.3 is 17.7 Å². The molecular formula is C20H22ClN. The number of nitrogens with two attached hydrogens (primary N) is 1. The van der Waals surface area contributed by atoms with Crippen molar-refractivity contribution >= 4 is 10.8 Å². The van der Waals surface area contributed by atoms with Gasteiger partial charge in [0.15, 0.2) is 0 Å². The van der Waals surface area contributed by atoms with Crippen LogP contribution in [-0.2, 0) is 0 Å². The van der Waals surface area contributed by atoms with E-state index < -0.39 is 0 Å². The zero-order chi connectivity index (χ0) is 14.7. The first-order valence-electron chi connectivity index (χ1n) is 7.63. The van der Waals surface area contributed by atoms with Crippen molar-refractivity contribution in [3.8, 4) is 0 Å². The molecule has 0 aliphatic rings. The second-order valence-corrected chi connectivity index (χ2v) is 5.75. The first-order valence-corrected chi connectivity index (χ1v) is 7.63. The highest BCUT2D eigenvalue weighted by Crippen LogP contribution is 2.22. The van der Waals surface area contributed by atoms with Gasteiger partial charge in [0.25, 0.3) is 0 Å². The molecule has 3 aromatic carbocycles. The number of halogens is 1. The molecule has 0 aliphatic carbocycles. The minimum Gasteiger partial charge on any atom is -1.00 e. The van der Waals surface area contributed by atoms with Crippen molar-refractivity contribution in [1.82, 2.24) is 0 Å². The van der Waals surface area contributed by atoms with Gasteiger partial charge in [-0.3, -0.25) is 0 Å². The summed E-state index contributed by atoms with van der Waals surface area (Å²) in [6, 6.07) is 26.8. The molecule has 22 heavy (non-hydrogen) atoms. The van der Waals surface area contributed by atoms with Crippen LogP contribution in [0.25, 0.3) is 10.8 Å². The normalized spacial score (nSPS) is 13.4. The van der Waals surface area contributed by atoms with E-state index in [0.29, 0.717) is 12.1 Å². The average molecular weight is 312 g/mol. The Kier molecular flexibility index (Phi) is 5.59. The highest BCUT2D eigenvalue weighted by atomic mass is 35.5. The molecular weight excluding hydrogens is 290 g/mol. The van der Waals surface area contributed by atoms with Crippen LogP contribution in [0.5, 0.6) is 0 Å². The van der Waals surface area contributed by atoms with Crippen LogP contribution in [-0.4, -0.2) is 0 Å². The second kappa shape index (κ2) is 7.44. The van der Waals surface area contributed by atoms with Crippen LogP contribution in [0.3, 0.4) is 0 Å². The highest BCUT2D eigenvalue weighted by Gasteiger charge is 2.16. The van der Waals surface area contributed by atoms with Crippen LogP contribution in [0.15, 0.2) is 72.8 Å². The fourth-order valence-electron chi connectivity index (χ4n) is 3.05. The molecule has 0 fully saturated rings. The lowest BCUT2D eigenvalue weighted by molar-refractivity contribution is -0.728. The molecule has 0 amide bonds. The zero-order valence-electron chi connectivity index (χ0n) is 13.0. The largest absolute Gasteiger partial charge is 1.00 e. The van der Waals surface area contributed by atoms with E-state index in [2.05, 4.69) is 92.0 Å². The SMILES string of the molecule is C[C@H]([NH2+][C@H](C)c1cccc2ccccc12)c1ccccc1.[Cl-]. The van der Waals surface area contributed by atoms with E-state index in [-0.39, 0.29) is 12.4 Å². The highest BCUT2D eigenvalue weighted by molar-refractivity contribution is 5.85. The summed E-state index contributed by atoms with van der Waals surface area (Å²) in [5.74, 6) is 0. The monoisotopic (exact) mass is 311 g/mol. The van der Waals surface area contributed by atoms with Crippen molar-refractivity contribution in [2.24, 2.45) is 0 Å². The van der Waals surface area contributed by atoms with Gasteiger partial charge in [0, 0.05) is 11.1 Å². The molecule has 0 saturated heterocycles. The minimum atomic E-state index is 0. The molecule has 0 spiro atoms. The molecule has 0 bridgehead atoms. The Morgan fingerprint density at radius 1 is 0.682 bits per heavy atom. The molecule has 2 N–H and O–H groups in total. The molecule has 0 heterocycles. The summed E-state index contributed by atoms with van der Waals surface area (Å²) < 4.78 is 0. The molecule has 0 radical (unpaired) electrons. The summed E-state index contributed by atoms with van der Waals surface area (Å²) in [6.45, 7) is 4.57. The van der Waals surface area contributed by atoms with Gasteiger partial charge in [0.2, 0.25) is 0 Å². The van der Waals surface area contributed by atoms with Gasteiger partial charge in [-0.25, -0.2) is 0 Å². The number of quaternary nitrogens is 1. The van der Waals surface area contributed by atoms with Gasteiger partial charge in [0.05, 0.1) is 0 Å². The Balaban J connectivity index is 0.00000176. The molecule has 3 rings (SSSR count). The molecule has 0 aliphatic heterocycles. The van der Waals surface area contributed by atoms with Crippen molar-refractivity contribution < 1.29 is 17.7 Å². The van der Waals surface area contributed by atoms with E-state index in [1.54, 1.807) is 0 Å². The van der Waals surface area contributed by atoms with Crippen LogP contribution in [0.1, 0.15) is 37.1 Å². The summed E-state index contributed by atoms with van der Waals surface area (Å²) in [5, 5.41) is 5.13. The zero-order valence-corrected chi connectivity index (χ0v) is 13.8. The number of hydrogen-bond donors (Lipinski definition) is 1. The third-order valence-corrected chi connectivity index (χ3v) is 4.22. The maximum atomic E-state index is 2.44. The molecule has 2 heteroatoms. The quantitative estimate of drug-likeness (QED) is 0.746. The average Bonchev–Trinajstić information content (AvgIpc) is 2.55. The van der Waals surface area contributed by atoms with Crippen LogP contribution < -0.4 is 17.7 Å². The fraction of sp³-hybridized carbons (Fsp3) is 0.200. The van der Waals surface area contributed by atoms with Crippen molar-refractivity contribution in [3.63, 3.8) is 0 Å². The van der Waals surface area contributed by atoms with Crippen molar-refractivity contribution in [2.75, 3.05) is 0 Å². The lowest BCUT2D eigenvalue weighted by Gasteiger charge is -2.18. The number of benzene rings is 3. The van der Waals surface area contributed by atoms with Crippen LogP contribution in [0, 0.1) is 0 Å². The van der Waals surface area contributed by atoms with Gasteiger partial charge >= 0.3 is 0 Å². The maximum absolute atomic E-state index is 2.44. The molecule has 3 aromatic rings. The van der Waals surface area contributed by atoms with E-state index in [1.807, 2.05) is 0 Å². The Labute approximate surface area is 138 Å². The molecule has 2 atom stereocenters. The second-order valence-electron chi connectivity index (χ2n) is 5.75. The van der Waals surface area contributed by atoms with Crippen molar-refractivity contribution in [2.45, 2.75) is 25.9 Å². The summed E-state index contributed by atoms with van der Waals surface area (Å²) in [5.41, 5.74) is 2.79. The number of fused-ring (bicyclic) bond motifs is 1. The molecule has 114 valence electrons. The van der Waals surface area contributed by atoms with Crippen LogP contribution in [0.4, 0.5) is 0 Å². The predicted molar refractivity (Wildman–Crippen MR) is 89.1 cm³/mol. The van der Waals surface area contributed by atoms with Gasteiger partial charge in [-0.05, 0) is 24.6 Å². The summed E-state index contributed by atoms with van der Waals surface area (Å²) in [4.78, 5) is 0. The fourth-order valence-corrected chi connectivity index (χ4v) is 3.05. The van der Waals surface area contributed by atoms with Gasteiger partial charge in [-0.2, -0.15) is 0 Å². The minimum absolute atomic E-state index is 0. The Bertz CT molecular complexity index is 719. The summed E-state index contributed by atoms with van der Waals surface area (Å²) >= 11 is 0. The van der Waals surface area contributed by atoms with E-state index in [9.17, 15) is 0 Å². The van der Waals surface area contributed by atoms with E-state index in [4.69, 9.17) is 0 Å². The third kappa shape index (κ3) is 3.49. The van der Waals surface area contributed by atoms with E-state index in [0.717, 1.165) is 0 Å². The van der Waals surface area contributed by atoms with Gasteiger partial charge in [-0.1, -0.05) is 72.8 Å². The Hall–Kier alpha value is -1.83. The predicted octanol–water partition coefficient (Wildman–Crippen LogP) is 1.23. The molecule has 1 nitrogen and oxygen atoms in total.